The molecule has 1 heterocycles. The largest absolute Gasteiger partial charge is 0.381 e. The molecule has 16 heavy (non-hydrogen) atoms. The number of nitriles is 1. The Bertz CT molecular complexity index is 346. The molecule has 0 aliphatic heterocycles. The van der Waals surface area contributed by atoms with E-state index in [4.69, 9.17) is 10.00 Å². The zero-order chi connectivity index (χ0) is 11.6. The Morgan fingerprint density at radius 1 is 1.44 bits per heavy atom. The van der Waals surface area contributed by atoms with Crippen molar-refractivity contribution in [3.63, 3.8) is 0 Å². The average Bonchev–Trinajstić information content (AvgIpc) is 2.34. The van der Waals surface area contributed by atoms with Crippen molar-refractivity contribution in [3.8, 4) is 6.07 Å². The summed E-state index contributed by atoms with van der Waals surface area (Å²) in [6.45, 7) is 4.49. The fourth-order valence-corrected chi connectivity index (χ4v) is 1.23. The predicted octanol–water partition coefficient (Wildman–Crippen LogP) is 2.18. The first kappa shape index (κ1) is 12.5. The molecular weight excluding hydrogens is 202 g/mol. The molecule has 0 aliphatic carbocycles. The monoisotopic (exact) mass is 219 g/mol. The van der Waals surface area contributed by atoms with Gasteiger partial charge in [-0.2, -0.15) is 5.26 Å². The van der Waals surface area contributed by atoms with Crippen molar-refractivity contribution in [2.45, 2.75) is 19.8 Å². The molecule has 0 unspecified atom stereocenters. The topological polar surface area (TPSA) is 57.9 Å². The molecule has 0 aliphatic rings. The van der Waals surface area contributed by atoms with Gasteiger partial charge in [0, 0.05) is 19.8 Å². The Hall–Kier alpha value is -1.60. The summed E-state index contributed by atoms with van der Waals surface area (Å²) < 4.78 is 5.35. The van der Waals surface area contributed by atoms with Gasteiger partial charge < -0.3 is 10.1 Å². The number of ether oxygens (including phenoxy) is 1. The Labute approximate surface area is 96.3 Å². The SMILES string of the molecule is CCCOCCCNc1cccc(C#N)n1. The molecule has 0 fully saturated rings. The second kappa shape index (κ2) is 7.66. The molecule has 0 radical (unpaired) electrons. The van der Waals surface area contributed by atoms with Crippen molar-refractivity contribution in [3.05, 3.63) is 23.9 Å². The number of anilines is 1. The summed E-state index contributed by atoms with van der Waals surface area (Å²) in [6.07, 6.45) is 2.00. The molecule has 0 amide bonds. The van der Waals surface area contributed by atoms with Crippen LogP contribution < -0.4 is 5.32 Å². The normalized spacial score (nSPS) is 9.75. The van der Waals surface area contributed by atoms with E-state index in [-0.39, 0.29) is 0 Å². The smallest absolute Gasteiger partial charge is 0.142 e. The molecule has 0 bridgehead atoms. The summed E-state index contributed by atoms with van der Waals surface area (Å²) in [5, 5.41) is 11.8. The third kappa shape index (κ3) is 4.76. The fraction of sp³-hybridized carbons (Fsp3) is 0.500. The molecule has 0 atom stereocenters. The lowest BCUT2D eigenvalue weighted by Gasteiger charge is -2.05. The van der Waals surface area contributed by atoms with Crippen molar-refractivity contribution < 1.29 is 4.74 Å². The van der Waals surface area contributed by atoms with Gasteiger partial charge in [-0.25, -0.2) is 4.98 Å². The molecule has 86 valence electrons. The molecule has 4 nitrogen and oxygen atoms in total. The molecule has 4 heteroatoms. The van der Waals surface area contributed by atoms with Gasteiger partial charge in [0.05, 0.1) is 0 Å². The number of nitrogens with zero attached hydrogens (tertiary/aromatic N) is 2. The third-order valence-corrected chi connectivity index (χ3v) is 1.98. The maximum absolute atomic E-state index is 8.67. The van der Waals surface area contributed by atoms with Crippen LogP contribution in [0.3, 0.4) is 0 Å². The van der Waals surface area contributed by atoms with Gasteiger partial charge in [0.25, 0.3) is 0 Å². The number of aromatic nitrogens is 1. The number of rotatable bonds is 7. The number of hydrogen-bond acceptors (Lipinski definition) is 4. The maximum Gasteiger partial charge on any atom is 0.142 e. The summed E-state index contributed by atoms with van der Waals surface area (Å²) in [6, 6.07) is 7.38. The Morgan fingerprint density at radius 2 is 2.31 bits per heavy atom. The van der Waals surface area contributed by atoms with E-state index in [0.717, 1.165) is 38.4 Å². The van der Waals surface area contributed by atoms with Crippen LogP contribution in [0.1, 0.15) is 25.5 Å². The highest BCUT2D eigenvalue weighted by Gasteiger charge is 1.95. The second-order valence-corrected chi connectivity index (χ2v) is 3.41. The van der Waals surface area contributed by atoms with Crippen LogP contribution in [0.25, 0.3) is 0 Å². The van der Waals surface area contributed by atoms with E-state index in [1.807, 2.05) is 18.2 Å². The highest BCUT2D eigenvalue weighted by Crippen LogP contribution is 2.03. The standard InChI is InChI=1S/C12H17N3O/c1-2-8-16-9-4-7-14-12-6-3-5-11(10-13)15-12/h3,5-6H,2,4,7-9H2,1H3,(H,14,15). The van der Waals surface area contributed by atoms with E-state index in [1.54, 1.807) is 6.07 Å². The number of nitrogens with one attached hydrogen (secondary N) is 1. The van der Waals surface area contributed by atoms with E-state index in [2.05, 4.69) is 17.2 Å². The van der Waals surface area contributed by atoms with Crippen molar-refractivity contribution >= 4 is 5.82 Å². The second-order valence-electron chi connectivity index (χ2n) is 3.41. The Morgan fingerprint density at radius 3 is 3.06 bits per heavy atom. The Kier molecular flexibility index (Phi) is 5.97. The van der Waals surface area contributed by atoms with Crippen LogP contribution in [0.2, 0.25) is 0 Å². The first-order valence-corrected chi connectivity index (χ1v) is 5.55. The first-order chi connectivity index (χ1) is 7.86. The molecule has 1 aromatic rings. The maximum atomic E-state index is 8.67. The summed E-state index contributed by atoms with van der Waals surface area (Å²) in [5.74, 6) is 0.745. The highest BCUT2D eigenvalue weighted by molar-refractivity contribution is 5.38. The zero-order valence-electron chi connectivity index (χ0n) is 9.57. The lowest BCUT2D eigenvalue weighted by atomic mass is 10.3. The van der Waals surface area contributed by atoms with Gasteiger partial charge in [-0.15, -0.1) is 0 Å². The highest BCUT2D eigenvalue weighted by atomic mass is 16.5. The van der Waals surface area contributed by atoms with Crippen LogP contribution >= 0.6 is 0 Å². The number of pyridine rings is 1. The molecule has 0 aromatic carbocycles. The van der Waals surface area contributed by atoms with Crippen LogP contribution in [0.4, 0.5) is 5.82 Å². The summed E-state index contributed by atoms with van der Waals surface area (Å²) in [5.41, 5.74) is 0.437. The third-order valence-electron chi connectivity index (χ3n) is 1.98. The quantitative estimate of drug-likeness (QED) is 0.714. The van der Waals surface area contributed by atoms with E-state index >= 15 is 0 Å². The minimum absolute atomic E-state index is 0.437. The molecule has 0 saturated heterocycles. The van der Waals surface area contributed by atoms with Gasteiger partial charge >= 0.3 is 0 Å². The molecule has 1 rings (SSSR count). The van der Waals surface area contributed by atoms with Gasteiger partial charge in [0.2, 0.25) is 0 Å². The lowest BCUT2D eigenvalue weighted by Crippen LogP contribution is -2.07. The van der Waals surface area contributed by atoms with Crippen LogP contribution in [0.5, 0.6) is 0 Å². The molecule has 1 aromatic heterocycles. The fourth-order valence-electron chi connectivity index (χ4n) is 1.23. The summed E-state index contributed by atoms with van der Waals surface area (Å²) >= 11 is 0. The van der Waals surface area contributed by atoms with Crippen molar-refractivity contribution in [2.75, 3.05) is 25.1 Å². The van der Waals surface area contributed by atoms with Gasteiger partial charge in [0.15, 0.2) is 0 Å². The number of hydrogen-bond donors (Lipinski definition) is 1. The predicted molar refractivity (Wildman–Crippen MR) is 63.2 cm³/mol. The van der Waals surface area contributed by atoms with E-state index < -0.39 is 0 Å². The summed E-state index contributed by atoms with van der Waals surface area (Å²) in [7, 11) is 0. The molecule has 1 N–H and O–H groups in total. The van der Waals surface area contributed by atoms with E-state index in [1.165, 1.54) is 0 Å². The van der Waals surface area contributed by atoms with Gasteiger partial charge in [-0.3, -0.25) is 0 Å². The first-order valence-electron chi connectivity index (χ1n) is 5.55. The van der Waals surface area contributed by atoms with Crippen LogP contribution in [0, 0.1) is 11.3 Å². The van der Waals surface area contributed by atoms with Gasteiger partial charge in [0.1, 0.15) is 17.6 Å². The molecule has 0 spiro atoms. The van der Waals surface area contributed by atoms with Crippen molar-refractivity contribution in [1.82, 2.24) is 4.98 Å². The van der Waals surface area contributed by atoms with Crippen molar-refractivity contribution in [2.24, 2.45) is 0 Å². The lowest BCUT2D eigenvalue weighted by molar-refractivity contribution is 0.134. The van der Waals surface area contributed by atoms with Gasteiger partial charge in [-0.1, -0.05) is 13.0 Å². The minimum atomic E-state index is 0.437. The van der Waals surface area contributed by atoms with Crippen molar-refractivity contribution in [1.29, 1.82) is 5.26 Å². The average molecular weight is 219 g/mol. The molecule has 0 saturated carbocycles. The van der Waals surface area contributed by atoms with Crippen LogP contribution in [-0.4, -0.2) is 24.7 Å². The van der Waals surface area contributed by atoms with Crippen LogP contribution in [0.15, 0.2) is 18.2 Å². The van der Waals surface area contributed by atoms with Gasteiger partial charge in [-0.05, 0) is 25.0 Å². The van der Waals surface area contributed by atoms with E-state index in [0.29, 0.717) is 5.69 Å². The Balaban J connectivity index is 2.19. The summed E-state index contributed by atoms with van der Waals surface area (Å²) in [4.78, 5) is 4.11. The molecular formula is C12H17N3O. The zero-order valence-corrected chi connectivity index (χ0v) is 9.57. The minimum Gasteiger partial charge on any atom is -0.381 e. The van der Waals surface area contributed by atoms with E-state index in [9.17, 15) is 0 Å². The van der Waals surface area contributed by atoms with Crippen LogP contribution in [-0.2, 0) is 4.74 Å².